The van der Waals surface area contributed by atoms with Crippen molar-refractivity contribution in [3.05, 3.63) is 29.8 Å². The Bertz CT molecular complexity index is 600. The maximum absolute atomic E-state index is 12.2. The van der Waals surface area contributed by atoms with Crippen LogP contribution in [0.5, 0.6) is 0 Å². The van der Waals surface area contributed by atoms with E-state index in [1.165, 1.54) is 0 Å². The minimum atomic E-state index is -0.877. The molecule has 2 N–H and O–H groups in total. The SMILES string of the molecule is CCc1ccccc1N1CC(C(=O)NCCCC(=O)O)CC1=O. The zero-order valence-electron chi connectivity index (χ0n) is 13.2. The second-order valence-electron chi connectivity index (χ2n) is 5.68. The minimum Gasteiger partial charge on any atom is -0.481 e. The summed E-state index contributed by atoms with van der Waals surface area (Å²) >= 11 is 0. The summed E-state index contributed by atoms with van der Waals surface area (Å²) in [4.78, 5) is 36.5. The summed E-state index contributed by atoms with van der Waals surface area (Å²) in [6, 6.07) is 7.72. The van der Waals surface area contributed by atoms with E-state index in [9.17, 15) is 14.4 Å². The predicted molar refractivity (Wildman–Crippen MR) is 86.2 cm³/mol. The summed E-state index contributed by atoms with van der Waals surface area (Å²) in [6.07, 6.45) is 1.44. The molecule has 1 aromatic rings. The van der Waals surface area contributed by atoms with Gasteiger partial charge in [0.25, 0.3) is 0 Å². The molecule has 1 aromatic carbocycles. The van der Waals surface area contributed by atoms with Crippen LogP contribution in [0.1, 0.15) is 31.7 Å². The number of nitrogens with one attached hydrogen (secondary N) is 1. The smallest absolute Gasteiger partial charge is 0.303 e. The van der Waals surface area contributed by atoms with Crippen molar-refractivity contribution in [2.24, 2.45) is 5.92 Å². The molecule has 0 saturated carbocycles. The Kier molecular flexibility index (Phi) is 5.73. The van der Waals surface area contributed by atoms with Crippen molar-refractivity contribution in [2.75, 3.05) is 18.0 Å². The molecule has 1 aliphatic rings. The average molecular weight is 318 g/mol. The summed E-state index contributed by atoms with van der Waals surface area (Å²) in [5.74, 6) is -1.48. The van der Waals surface area contributed by atoms with Gasteiger partial charge in [0.05, 0.1) is 5.92 Å². The molecule has 0 spiro atoms. The average Bonchev–Trinajstić information content (AvgIpc) is 2.93. The number of nitrogens with zero attached hydrogens (tertiary/aromatic N) is 1. The fraction of sp³-hybridized carbons (Fsp3) is 0.471. The van der Waals surface area contributed by atoms with Crippen molar-refractivity contribution < 1.29 is 19.5 Å². The van der Waals surface area contributed by atoms with Crippen molar-refractivity contribution in [1.29, 1.82) is 0 Å². The second kappa shape index (κ2) is 7.76. The van der Waals surface area contributed by atoms with Crippen LogP contribution in [0.15, 0.2) is 24.3 Å². The zero-order chi connectivity index (χ0) is 16.8. The largest absolute Gasteiger partial charge is 0.481 e. The molecule has 23 heavy (non-hydrogen) atoms. The highest BCUT2D eigenvalue weighted by Gasteiger charge is 2.35. The number of benzene rings is 1. The molecule has 1 fully saturated rings. The van der Waals surface area contributed by atoms with Gasteiger partial charge in [-0.05, 0) is 24.5 Å². The van der Waals surface area contributed by atoms with Crippen molar-refractivity contribution in [3.63, 3.8) is 0 Å². The fourth-order valence-corrected chi connectivity index (χ4v) is 2.78. The van der Waals surface area contributed by atoms with E-state index in [-0.39, 0.29) is 30.6 Å². The molecule has 2 rings (SSSR count). The summed E-state index contributed by atoms with van der Waals surface area (Å²) in [6.45, 7) is 2.73. The maximum Gasteiger partial charge on any atom is 0.303 e. The van der Waals surface area contributed by atoms with Gasteiger partial charge >= 0.3 is 5.97 Å². The number of carboxylic acid groups (broad SMARTS) is 1. The Hall–Kier alpha value is -2.37. The van der Waals surface area contributed by atoms with E-state index in [1.54, 1.807) is 4.90 Å². The Morgan fingerprint density at radius 3 is 2.78 bits per heavy atom. The first-order valence-corrected chi connectivity index (χ1v) is 7.90. The quantitative estimate of drug-likeness (QED) is 0.747. The molecule has 1 unspecified atom stereocenters. The molecule has 0 aromatic heterocycles. The van der Waals surface area contributed by atoms with Gasteiger partial charge in [0.2, 0.25) is 11.8 Å². The second-order valence-corrected chi connectivity index (χ2v) is 5.68. The van der Waals surface area contributed by atoms with Crippen LogP contribution in [-0.4, -0.2) is 36.0 Å². The van der Waals surface area contributed by atoms with Crippen LogP contribution >= 0.6 is 0 Å². The molecule has 0 bridgehead atoms. The zero-order valence-corrected chi connectivity index (χ0v) is 13.2. The van der Waals surface area contributed by atoms with Gasteiger partial charge < -0.3 is 15.3 Å². The van der Waals surface area contributed by atoms with E-state index in [0.717, 1.165) is 17.7 Å². The number of para-hydroxylation sites is 1. The highest BCUT2D eigenvalue weighted by Crippen LogP contribution is 2.28. The van der Waals surface area contributed by atoms with Gasteiger partial charge in [-0.3, -0.25) is 14.4 Å². The number of amides is 2. The molecule has 0 radical (unpaired) electrons. The third-order valence-corrected chi connectivity index (χ3v) is 4.03. The first kappa shape index (κ1) is 17.0. The topological polar surface area (TPSA) is 86.7 Å². The van der Waals surface area contributed by atoms with Crippen LogP contribution in [0.4, 0.5) is 5.69 Å². The molecule has 6 heteroatoms. The van der Waals surface area contributed by atoms with Gasteiger partial charge in [-0.2, -0.15) is 0 Å². The van der Waals surface area contributed by atoms with Gasteiger partial charge in [-0.25, -0.2) is 0 Å². The first-order valence-electron chi connectivity index (χ1n) is 7.90. The highest BCUT2D eigenvalue weighted by molar-refractivity contribution is 6.00. The lowest BCUT2D eigenvalue weighted by Crippen LogP contribution is -2.33. The van der Waals surface area contributed by atoms with Gasteiger partial charge in [0.1, 0.15) is 0 Å². The highest BCUT2D eigenvalue weighted by atomic mass is 16.4. The number of rotatable bonds is 7. The lowest BCUT2D eigenvalue weighted by atomic mass is 10.1. The fourth-order valence-electron chi connectivity index (χ4n) is 2.78. The number of aliphatic carboxylic acids is 1. The normalized spacial score (nSPS) is 17.3. The number of anilines is 1. The van der Waals surface area contributed by atoms with Gasteiger partial charge in [0.15, 0.2) is 0 Å². The number of hydrogen-bond acceptors (Lipinski definition) is 3. The summed E-state index contributed by atoms with van der Waals surface area (Å²) in [5, 5.41) is 11.3. The predicted octanol–water partition coefficient (Wildman–Crippen LogP) is 1.58. The Morgan fingerprint density at radius 1 is 1.35 bits per heavy atom. The van der Waals surface area contributed by atoms with Crippen molar-refractivity contribution in [3.8, 4) is 0 Å². The number of aryl methyl sites for hydroxylation is 1. The van der Waals surface area contributed by atoms with E-state index < -0.39 is 5.97 Å². The molecule has 124 valence electrons. The van der Waals surface area contributed by atoms with E-state index >= 15 is 0 Å². The molecule has 2 amide bonds. The van der Waals surface area contributed by atoms with Gasteiger partial charge in [-0.15, -0.1) is 0 Å². The number of carboxylic acids is 1. The van der Waals surface area contributed by atoms with Crippen LogP contribution in [0.2, 0.25) is 0 Å². The van der Waals surface area contributed by atoms with E-state index in [4.69, 9.17) is 5.11 Å². The van der Waals surface area contributed by atoms with Crippen LogP contribution < -0.4 is 10.2 Å². The van der Waals surface area contributed by atoms with Gasteiger partial charge in [-0.1, -0.05) is 25.1 Å². The standard InChI is InChI=1S/C17H22N2O4/c1-2-12-6-3-4-7-14(12)19-11-13(10-15(19)20)17(23)18-9-5-8-16(21)22/h3-4,6-7,13H,2,5,8-11H2,1H3,(H,18,23)(H,21,22). The van der Waals surface area contributed by atoms with E-state index in [1.807, 2.05) is 31.2 Å². The molecule has 1 atom stereocenters. The van der Waals surface area contributed by atoms with E-state index in [0.29, 0.717) is 19.5 Å². The molecule has 1 aliphatic heterocycles. The molecular weight excluding hydrogens is 296 g/mol. The van der Waals surface area contributed by atoms with Crippen LogP contribution in [-0.2, 0) is 20.8 Å². The van der Waals surface area contributed by atoms with Crippen LogP contribution in [0, 0.1) is 5.92 Å². The Balaban J connectivity index is 1.94. The molecule has 1 heterocycles. The Morgan fingerprint density at radius 2 is 2.09 bits per heavy atom. The molecule has 1 saturated heterocycles. The molecule has 6 nitrogen and oxygen atoms in total. The lowest BCUT2D eigenvalue weighted by molar-refractivity contribution is -0.137. The van der Waals surface area contributed by atoms with Crippen LogP contribution in [0.3, 0.4) is 0 Å². The molecule has 0 aliphatic carbocycles. The number of hydrogen-bond donors (Lipinski definition) is 2. The third-order valence-electron chi connectivity index (χ3n) is 4.03. The summed E-state index contributed by atoms with van der Waals surface area (Å²) < 4.78 is 0. The third kappa shape index (κ3) is 4.31. The summed E-state index contributed by atoms with van der Waals surface area (Å²) in [7, 11) is 0. The summed E-state index contributed by atoms with van der Waals surface area (Å²) in [5.41, 5.74) is 1.96. The van der Waals surface area contributed by atoms with Crippen molar-refractivity contribution in [1.82, 2.24) is 5.32 Å². The van der Waals surface area contributed by atoms with Gasteiger partial charge in [0, 0.05) is 31.6 Å². The monoisotopic (exact) mass is 318 g/mol. The van der Waals surface area contributed by atoms with Crippen molar-refractivity contribution in [2.45, 2.75) is 32.6 Å². The van der Waals surface area contributed by atoms with Crippen LogP contribution in [0.25, 0.3) is 0 Å². The number of carbonyl (C=O) groups is 3. The Labute approximate surface area is 135 Å². The lowest BCUT2D eigenvalue weighted by Gasteiger charge is -2.19. The first-order chi connectivity index (χ1) is 11.0. The number of carbonyl (C=O) groups excluding carboxylic acids is 2. The molecular formula is C17H22N2O4. The van der Waals surface area contributed by atoms with E-state index in [2.05, 4.69) is 5.32 Å². The van der Waals surface area contributed by atoms with Crippen molar-refractivity contribution >= 4 is 23.5 Å². The minimum absolute atomic E-state index is 0.0277. The maximum atomic E-state index is 12.2.